The second-order valence-electron chi connectivity index (χ2n) is 12.9. The number of alkyl halides is 3. The van der Waals surface area contributed by atoms with Crippen LogP contribution in [0.2, 0.25) is 0 Å². The van der Waals surface area contributed by atoms with Gasteiger partial charge in [0.05, 0.1) is 52.5 Å². The number of pyridine rings is 1. The number of methoxy groups -OCH3 is 2. The Balaban J connectivity index is 1.30. The van der Waals surface area contributed by atoms with E-state index in [0.717, 1.165) is 28.0 Å². The van der Waals surface area contributed by atoms with Gasteiger partial charge in [0.15, 0.2) is 5.60 Å². The van der Waals surface area contributed by atoms with E-state index >= 15 is 0 Å². The number of nitrogens with one attached hydrogen (secondary N) is 1. The number of piperazine rings is 1. The molecule has 2 aromatic carbocycles. The molecule has 2 unspecified atom stereocenters. The third-order valence-corrected chi connectivity index (χ3v) is 10.4. The Morgan fingerprint density at radius 3 is 2.27 bits per heavy atom. The minimum atomic E-state index is -1.86. The van der Waals surface area contributed by atoms with E-state index in [1.54, 1.807) is 45.2 Å². The van der Waals surface area contributed by atoms with Crippen molar-refractivity contribution in [1.82, 2.24) is 15.2 Å². The fourth-order valence-corrected chi connectivity index (χ4v) is 6.27. The van der Waals surface area contributed by atoms with Gasteiger partial charge in [-0.3, -0.25) is 9.69 Å². The van der Waals surface area contributed by atoms with E-state index in [1.165, 1.54) is 0 Å². The van der Waals surface area contributed by atoms with Gasteiger partial charge in [0.1, 0.15) is 18.1 Å². The quantitative estimate of drug-likeness (QED) is 0.0987. The van der Waals surface area contributed by atoms with Crippen LogP contribution in [0, 0.1) is 0 Å². The molecular formula is C38H44Cl3N3O8. The Kier molecular flexibility index (Phi) is 13.6. The van der Waals surface area contributed by atoms with Crippen molar-refractivity contribution in [3.05, 3.63) is 89.1 Å². The maximum Gasteiger partial charge on any atom is 0.411 e. The van der Waals surface area contributed by atoms with Gasteiger partial charge in [0, 0.05) is 42.9 Å². The second kappa shape index (κ2) is 17.9. The molecule has 2 bridgehead atoms. The zero-order valence-electron chi connectivity index (χ0n) is 29.7. The van der Waals surface area contributed by atoms with Crippen LogP contribution in [0.3, 0.4) is 0 Å². The molecule has 1 N–H and O–H groups in total. The summed E-state index contributed by atoms with van der Waals surface area (Å²) in [6.07, 6.45) is 2.24. The molecule has 14 heteroatoms. The fraction of sp³-hybridized carbons (Fsp3) is 0.447. The van der Waals surface area contributed by atoms with Crippen LogP contribution >= 0.6 is 34.8 Å². The summed E-state index contributed by atoms with van der Waals surface area (Å²) in [5.41, 5.74) is 2.77. The summed E-state index contributed by atoms with van der Waals surface area (Å²) in [4.78, 5) is 33.1. The smallest absolute Gasteiger partial charge is 0.411 e. The van der Waals surface area contributed by atoms with E-state index < -0.39 is 27.5 Å². The minimum absolute atomic E-state index is 0.0143. The third kappa shape index (κ3) is 9.81. The molecule has 3 heterocycles. The molecule has 2 aliphatic rings. The lowest BCUT2D eigenvalue weighted by Crippen LogP contribution is -2.63. The van der Waals surface area contributed by atoms with Gasteiger partial charge in [-0.1, -0.05) is 71.2 Å². The van der Waals surface area contributed by atoms with E-state index in [-0.39, 0.29) is 19.1 Å². The number of hydrogen-bond donors (Lipinski definition) is 1. The van der Waals surface area contributed by atoms with Gasteiger partial charge in [-0.05, 0) is 55.2 Å². The number of carbonyl (C=O) groups is 2. The Morgan fingerprint density at radius 1 is 0.904 bits per heavy atom. The molecule has 1 amide bonds. The lowest BCUT2D eigenvalue weighted by atomic mass is 9.83. The van der Waals surface area contributed by atoms with Crippen LogP contribution in [-0.2, 0) is 32.0 Å². The zero-order chi connectivity index (χ0) is 37.3. The summed E-state index contributed by atoms with van der Waals surface area (Å²) < 4.78 is 32.3. The van der Waals surface area contributed by atoms with Gasteiger partial charge in [0.25, 0.3) is 0 Å². The maximum atomic E-state index is 13.7. The molecular weight excluding hydrogens is 733 g/mol. The van der Waals surface area contributed by atoms with Gasteiger partial charge in [-0.25, -0.2) is 9.78 Å². The molecule has 52 heavy (non-hydrogen) atoms. The normalized spacial score (nSPS) is 17.4. The van der Waals surface area contributed by atoms with Crippen molar-refractivity contribution in [3.63, 3.8) is 0 Å². The molecule has 5 rings (SSSR count). The maximum absolute atomic E-state index is 13.7. The van der Waals surface area contributed by atoms with E-state index in [2.05, 4.69) is 10.3 Å². The van der Waals surface area contributed by atoms with Gasteiger partial charge in [0.2, 0.25) is 9.67 Å². The number of hydrogen-bond acceptors (Lipinski definition) is 10. The number of fused-ring (bicyclic) bond motifs is 2. The summed E-state index contributed by atoms with van der Waals surface area (Å²) in [5.74, 6) is 1.41. The molecule has 2 atom stereocenters. The highest BCUT2D eigenvalue weighted by molar-refractivity contribution is 6.68. The molecule has 11 nitrogen and oxygen atoms in total. The molecule has 1 fully saturated rings. The molecule has 0 radical (unpaired) electrons. The van der Waals surface area contributed by atoms with Gasteiger partial charge in [-0.2, -0.15) is 0 Å². The van der Waals surface area contributed by atoms with E-state index in [0.29, 0.717) is 62.9 Å². The number of amides is 1. The summed E-state index contributed by atoms with van der Waals surface area (Å²) in [6.45, 7) is 5.32. The van der Waals surface area contributed by atoms with Crippen LogP contribution in [0.15, 0.2) is 72.4 Å². The number of para-hydroxylation sites is 2. The largest absolute Gasteiger partial charge is 0.496 e. The molecule has 2 aliphatic heterocycles. The highest BCUT2D eigenvalue weighted by Crippen LogP contribution is 2.42. The number of esters is 1. The molecule has 3 aromatic rings. The van der Waals surface area contributed by atoms with Crippen molar-refractivity contribution in [2.75, 3.05) is 47.1 Å². The zero-order valence-corrected chi connectivity index (χ0v) is 31.9. The fourth-order valence-electron chi connectivity index (χ4n) is 6.16. The summed E-state index contributed by atoms with van der Waals surface area (Å²) in [7, 11) is 3.19. The summed E-state index contributed by atoms with van der Waals surface area (Å²) in [5, 5.41) is 3.40. The van der Waals surface area contributed by atoms with Crippen molar-refractivity contribution < 1.29 is 38.0 Å². The molecule has 1 saturated heterocycles. The minimum Gasteiger partial charge on any atom is -0.496 e. The number of halogens is 3. The standard InChI is InChI=1S/C38H44Cl3N3O8/c1-37(2,38(39,40)41)52-36(46)44-28-19-29(30(31(44)22-42-21-28)24-51-35(45)18-25-10-5-7-12-32(25)47-3)26-14-15-34(43-20-26)50-17-9-16-49-23-27-11-6-8-13-33(27)48-4/h5-8,10-15,20,28,31,42H,9,16-19,21-24H2,1-4H3. The Labute approximate surface area is 319 Å². The summed E-state index contributed by atoms with van der Waals surface area (Å²) in [6, 6.07) is 18.0. The van der Waals surface area contributed by atoms with Crippen LogP contribution in [0.5, 0.6) is 17.4 Å². The van der Waals surface area contributed by atoms with E-state index in [1.807, 2.05) is 54.6 Å². The van der Waals surface area contributed by atoms with Gasteiger partial charge in [-0.15, -0.1) is 0 Å². The first-order valence-corrected chi connectivity index (χ1v) is 18.1. The topological polar surface area (TPSA) is 118 Å². The van der Waals surface area contributed by atoms with E-state index in [9.17, 15) is 9.59 Å². The van der Waals surface area contributed by atoms with Crippen LogP contribution in [0.1, 0.15) is 43.4 Å². The number of rotatable bonds is 15. The average Bonchev–Trinajstić information content (AvgIpc) is 3.12. The predicted octanol–water partition coefficient (Wildman–Crippen LogP) is 6.96. The average molecular weight is 777 g/mol. The molecule has 0 spiro atoms. The highest BCUT2D eigenvalue weighted by atomic mass is 35.6. The first kappa shape index (κ1) is 39.5. The van der Waals surface area contributed by atoms with Crippen molar-refractivity contribution >= 4 is 52.4 Å². The number of aromatic nitrogens is 1. The van der Waals surface area contributed by atoms with Gasteiger partial charge < -0.3 is 33.7 Å². The highest BCUT2D eigenvalue weighted by Gasteiger charge is 2.48. The molecule has 0 aliphatic carbocycles. The van der Waals surface area contributed by atoms with Crippen molar-refractivity contribution in [3.8, 4) is 17.4 Å². The number of carbonyl (C=O) groups excluding carboxylic acids is 2. The van der Waals surface area contributed by atoms with Crippen molar-refractivity contribution in [2.45, 2.75) is 61.2 Å². The third-order valence-electron chi connectivity index (χ3n) is 9.05. The first-order chi connectivity index (χ1) is 24.9. The lowest BCUT2D eigenvalue weighted by molar-refractivity contribution is -0.142. The molecule has 0 saturated carbocycles. The lowest BCUT2D eigenvalue weighted by Gasteiger charge is -2.48. The van der Waals surface area contributed by atoms with Crippen LogP contribution < -0.4 is 19.5 Å². The molecule has 1 aromatic heterocycles. The Bertz CT molecular complexity index is 1710. The second-order valence-corrected chi connectivity index (χ2v) is 15.2. The number of nitrogens with zero attached hydrogens (tertiary/aromatic N) is 2. The van der Waals surface area contributed by atoms with Crippen LogP contribution in [0.4, 0.5) is 4.79 Å². The van der Waals surface area contributed by atoms with Crippen molar-refractivity contribution in [2.24, 2.45) is 0 Å². The monoisotopic (exact) mass is 775 g/mol. The Morgan fingerprint density at radius 2 is 1.60 bits per heavy atom. The molecule has 280 valence electrons. The first-order valence-electron chi connectivity index (χ1n) is 17.0. The van der Waals surface area contributed by atoms with Crippen LogP contribution in [-0.4, -0.2) is 90.6 Å². The Hall–Kier alpha value is -3.74. The predicted molar refractivity (Wildman–Crippen MR) is 199 cm³/mol. The van der Waals surface area contributed by atoms with E-state index in [4.69, 9.17) is 63.2 Å². The van der Waals surface area contributed by atoms with Gasteiger partial charge >= 0.3 is 12.1 Å². The van der Waals surface area contributed by atoms with Crippen LogP contribution in [0.25, 0.3) is 5.57 Å². The number of ether oxygens (including phenoxy) is 6. The SMILES string of the molecule is COc1ccccc1COCCCOc1ccc(C2=C(COC(=O)Cc3ccccc3OC)C3CNCC(C2)N3C(=O)OC(C)(C)C(Cl)(Cl)Cl)cn1. The number of benzene rings is 2. The van der Waals surface area contributed by atoms with Crippen molar-refractivity contribution in [1.29, 1.82) is 0 Å². The summed E-state index contributed by atoms with van der Waals surface area (Å²) >= 11 is 18.5.